The van der Waals surface area contributed by atoms with Crippen molar-refractivity contribution in [2.24, 2.45) is 7.05 Å². The van der Waals surface area contributed by atoms with Crippen LogP contribution in [0.3, 0.4) is 0 Å². The third kappa shape index (κ3) is 3.50. The average Bonchev–Trinajstić information content (AvgIpc) is 2.74. The molecule has 1 aromatic heterocycles. The molecule has 2 N–H and O–H groups in total. The number of hydrogen-bond donors (Lipinski definition) is 2. The van der Waals surface area contributed by atoms with E-state index in [2.05, 4.69) is 22.0 Å². The first-order chi connectivity index (χ1) is 9.60. The first-order valence-corrected chi connectivity index (χ1v) is 6.72. The van der Waals surface area contributed by atoms with Gasteiger partial charge in [-0.2, -0.15) is 0 Å². The van der Waals surface area contributed by atoms with E-state index in [-0.39, 0.29) is 18.1 Å². The predicted octanol–water partition coefficient (Wildman–Crippen LogP) is 0.884. The number of hydrogen-bond acceptors (Lipinski definition) is 4. The molecule has 0 aliphatic rings. The van der Waals surface area contributed by atoms with Gasteiger partial charge in [-0.3, -0.25) is 4.57 Å². The van der Waals surface area contributed by atoms with Gasteiger partial charge in [0.25, 0.3) is 0 Å². The van der Waals surface area contributed by atoms with Gasteiger partial charge in [0.1, 0.15) is 12.4 Å². The van der Waals surface area contributed by atoms with Gasteiger partial charge in [-0.15, -0.1) is 5.10 Å². The molecule has 0 saturated heterocycles. The highest BCUT2D eigenvalue weighted by Gasteiger charge is 2.06. The van der Waals surface area contributed by atoms with Gasteiger partial charge in [0.15, 0.2) is 5.16 Å². The summed E-state index contributed by atoms with van der Waals surface area (Å²) < 4.78 is 14.8. The third-order valence-electron chi connectivity index (χ3n) is 2.48. The van der Waals surface area contributed by atoms with Crippen LogP contribution in [0, 0.1) is 17.7 Å². The molecule has 0 radical (unpaired) electrons. The van der Waals surface area contributed by atoms with Crippen molar-refractivity contribution < 1.29 is 9.50 Å². The summed E-state index contributed by atoms with van der Waals surface area (Å²) in [7, 11) is 1.61. The van der Waals surface area contributed by atoms with Crippen molar-refractivity contribution in [3.05, 3.63) is 45.6 Å². The number of rotatable bonds is 3. The number of aromatic nitrogens is 3. The number of benzene rings is 1. The Morgan fingerprint density at radius 3 is 2.95 bits per heavy atom. The largest absolute Gasteiger partial charge is 0.384 e. The van der Waals surface area contributed by atoms with E-state index >= 15 is 0 Å². The van der Waals surface area contributed by atoms with Gasteiger partial charge >= 0.3 is 5.69 Å². The molecule has 5 nitrogen and oxygen atoms in total. The first kappa shape index (κ1) is 14.4. The van der Waals surface area contributed by atoms with E-state index < -0.39 is 0 Å². The molecule has 0 amide bonds. The molecule has 7 heteroatoms. The van der Waals surface area contributed by atoms with Crippen molar-refractivity contribution >= 4 is 11.8 Å². The summed E-state index contributed by atoms with van der Waals surface area (Å²) in [5.74, 6) is 5.21. The molecule has 1 heterocycles. The topological polar surface area (TPSA) is 70.9 Å². The van der Waals surface area contributed by atoms with Gasteiger partial charge in [0.05, 0.1) is 0 Å². The molecule has 0 aliphatic carbocycles. The second-order valence-corrected chi connectivity index (χ2v) is 4.91. The number of aliphatic hydroxyl groups excluding tert-OH is 1. The van der Waals surface area contributed by atoms with Gasteiger partial charge in [-0.25, -0.2) is 14.3 Å². The van der Waals surface area contributed by atoms with Crippen molar-refractivity contribution in [2.75, 3.05) is 6.61 Å². The Morgan fingerprint density at radius 2 is 2.30 bits per heavy atom. The Balaban J connectivity index is 2.15. The zero-order valence-corrected chi connectivity index (χ0v) is 11.5. The van der Waals surface area contributed by atoms with E-state index in [0.29, 0.717) is 16.5 Å². The highest BCUT2D eigenvalue weighted by molar-refractivity contribution is 7.98. The van der Waals surface area contributed by atoms with Crippen LogP contribution in [-0.2, 0) is 12.8 Å². The van der Waals surface area contributed by atoms with Gasteiger partial charge in [-0.1, -0.05) is 23.6 Å². The summed E-state index contributed by atoms with van der Waals surface area (Å²) in [6, 6.07) is 4.45. The number of H-pyrrole nitrogens is 1. The van der Waals surface area contributed by atoms with Crippen molar-refractivity contribution in [1.29, 1.82) is 0 Å². The normalized spacial score (nSPS) is 10.2. The fourth-order valence-corrected chi connectivity index (χ4v) is 2.41. The van der Waals surface area contributed by atoms with E-state index in [0.717, 1.165) is 5.56 Å². The maximum atomic E-state index is 13.4. The number of aliphatic hydroxyl groups is 1. The molecule has 0 aliphatic heterocycles. The maximum Gasteiger partial charge on any atom is 0.343 e. The lowest BCUT2D eigenvalue weighted by Crippen LogP contribution is -2.12. The molecular formula is C13H12FN3O2S. The van der Waals surface area contributed by atoms with E-state index in [1.54, 1.807) is 13.1 Å². The summed E-state index contributed by atoms with van der Waals surface area (Å²) in [4.78, 5) is 11.2. The molecule has 0 atom stereocenters. The number of thioether (sulfide) groups is 1. The fraction of sp³-hybridized carbons (Fsp3) is 0.231. The summed E-state index contributed by atoms with van der Waals surface area (Å²) in [5.41, 5.74) is 0.944. The number of aromatic amines is 1. The van der Waals surface area contributed by atoms with Gasteiger partial charge in [0, 0.05) is 18.4 Å². The number of nitrogens with zero attached hydrogens (tertiary/aromatic N) is 2. The molecule has 2 rings (SSSR count). The lowest BCUT2D eigenvalue weighted by molar-refractivity contribution is 0.350. The van der Waals surface area contributed by atoms with Gasteiger partial charge < -0.3 is 5.11 Å². The van der Waals surface area contributed by atoms with Crippen LogP contribution in [-0.4, -0.2) is 26.5 Å². The molecule has 2 aromatic rings. The molecule has 104 valence electrons. The van der Waals surface area contributed by atoms with Gasteiger partial charge in [-0.05, 0) is 23.8 Å². The van der Waals surface area contributed by atoms with Crippen molar-refractivity contribution in [2.45, 2.75) is 10.9 Å². The zero-order chi connectivity index (χ0) is 14.5. The van der Waals surface area contributed by atoms with E-state index in [1.165, 1.54) is 28.5 Å². The monoisotopic (exact) mass is 293 g/mol. The summed E-state index contributed by atoms with van der Waals surface area (Å²) in [6.45, 7) is -0.268. The average molecular weight is 293 g/mol. The molecule has 0 fully saturated rings. The van der Waals surface area contributed by atoms with Crippen LogP contribution in [0.5, 0.6) is 0 Å². The van der Waals surface area contributed by atoms with Crippen LogP contribution in [0.1, 0.15) is 11.1 Å². The van der Waals surface area contributed by atoms with E-state index in [4.69, 9.17) is 5.11 Å². The number of halogens is 1. The lowest BCUT2D eigenvalue weighted by Gasteiger charge is -2.02. The molecule has 1 aromatic carbocycles. The Kier molecular flexibility index (Phi) is 4.61. The van der Waals surface area contributed by atoms with Crippen LogP contribution >= 0.6 is 11.8 Å². The molecular weight excluding hydrogens is 281 g/mol. The SMILES string of the molecule is Cn1c(SCc2cc(F)cc(C#CCO)c2)n[nH]c1=O. The van der Waals surface area contributed by atoms with Crippen LogP contribution in [0.25, 0.3) is 0 Å². The lowest BCUT2D eigenvalue weighted by atomic mass is 10.1. The van der Waals surface area contributed by atoms with Crippen LogP contribution < -0.4 is 5.69 Å². The van der Waals surface area contributed by atoms with Crippen molar-refractivity contribution in [3.8, 4) is 11.8 Å². The first-order valence-electron chi connectivity index (χ1n) is 5.73. The Labute approximate surface area is 118 Å². The Morgan fingerprint density at radius 1 is 1.50 bits per heavy atom. The van der Waals surface area contributed by atoms with Crippen LogP contribution in [0.4, 0.5) is 4.39 Å². The zero-order valence-electron chi connectivity index (χ0n) is 10.7. The summed E-state index contributed by atoms with van der Waals surface area (Å²) in [5, 5.41) is 15.4. The van der Waals surface area contributed by atoms with Crippen molar-refractivity contribution in [3.63, 3.8) is 0 Å². The van der Waals surface area contributed by atoms with Crippen molar-refractivity contribution in [1.82, 2.24) is 14.8 Å². The Bertz CT molecular complexity index is 727. The highest BCUT2D eigenvalue weighted by Crippen LogP contribution is 2.20. The maximum absolute atomic E-state index is 13.4. The second kappa shape index (κ2) is 6.41. The second-order valence-electron chi connectivity index (χ2n) is 3.97. The molecule has 0 spiro atoms. The van der Waals surface area contributed by atoms with Gasteiger partial charge in [0.2, 0.25) is 0 Å². The smallest absolute Gasteiger partial charge is 0.343 e. The minimum absolute atomic E-state index is 0.268. The van der Waals surface area contributed by atoms with Crippen LogP contribution in [0.2, 0.25) is 0 Å². The third-order valence-corrected chi connectivity index (χ3v) is 3.58. The quantitative estimate of drug-likeness (QED) is 0.651. The molecule has 0 bridgehead atoms. The summed E-state index contributed by atoms with van der Waals surface area (Å²) >= 11 is 1.32. The number of nitrogens with one attached hydrogen (secondary N) is 1. The summed E-state index contributed by atoms with van der Waals surface area (Å²) in [6.07, 6.45) is 0. The highest BCUT2D eigenvalue weighted by atomic mass is 32.2. The Hall–Kier alpha value is -2.04. The predicted molar refractivity (Wildman–Crippen MR) is 73.8 cm³/mol. The molecule has 20 heavy (non-hydrogen) atoms. The minimum Gasteiger partial charge on any atom is -0.384 e. The fourth-order valence-electron chi connectivity index (χ4n) is 1.56. The minimum atomic E-state index is -0.388. The standard InChI is InChI=1S/C13H12FN3O2S/c1-17-12(19)15-16-13(17)20-8-10-5-9(3-2-4-18)6-11(14)7-10/h5-7,18H,4,8H2,1H3,(H,15,19). The molecule has 0 unspecified atom stereocenters. The van der Waals surface area contributed by atoms with E-state index in [9.17, 15) is 9.18 Å². The van der Waals surface area contributed by atoms with Crippen LogP contribution in [0.15, 0.2) is 28.2 Å². The molecule has 0 saturated carbocycles. The van der Waals surface area contributed by atoms with E-state index in [1.807, 2.05) is 0 Å².